The summed E-state index contributed by atoms with van der Waals surface area (Å²) in [5.74, 6) is -1.28. The minimum atomic E-state index is -1.31. The highest BCUT2D eigenvalue weighted by Gasteiger charge is 2.41. The van der Waals surface area contributed by atoms with Gasteiger partial charge in [0.25, 0.3) is 5.91 Å². The van der Waals surface area contributed by atoms with Crippen molar-refractivity contribution in [2.24, 2.45) is 5.41 Å². The molecule has 0 saturated heterocycles. The van der Waals surface area contributed by atoms with E-state index in [0.29, 0.717) is 50.3 Å². The molecular weight excluding hydrogens is 656 g/mol. The zero-order chi connectivity index (χ0) is 35.9. The molecule has 3 aromatic carbocycles. The first-order valence-corrected chi connectivity index (χ1v) is 15.9. The molecule has 13 heteroatoms. The molecule has 2 atom stereocenters. The molecule has 1 aliphatic heterocycles. The molecule has 49 heavy (non-hydrogen) atoms. The average Bonchev–Trinajstić information content (AvgIpc) is 3.16. The van der Waals surface area contributed by atoms with E-state index in [0.717, 1.165) is 0 Å². The lowest BCUT2D eigenvalue weighted by Crippen LogP contribution is -2.46. The topological polar surface area (TPSA) is 150 Å². The van der Waals surface area contributed by atoms with Crippen LogP contribution in [-0.4, -0.2) is 69.4 Å². The van der Waals surface area contributed by atoms with E-state index >= 15 is 0 Å². The molecule has 0 unspecified atom stereocenters. The number of halogens is 1. The molecular formula is C36H41ClN2O10. The van der Waals surface area contributed by atoms with Crippen molar-refractivity contribution in [1.29, 1.82) is 0 Å². The number of rotatable bonds is 14. The lowest BCUT2D eigenvalue weighted by Gasteiger charge is -2.33. The standard InChI is InChI=1S/C36H41ClN2O10/c1-21(40)48-20-36(2,3)19-39-27-13-12-23(37)17-25(27)33(24-8-7-9-29(46-5)34(24)47-6)49-30(35(39)44)18-31(41)38-26-16-22(11-15-32(42)43)10-14-28(26)45-4/h7-10,12-14,16-17,30,33H,11,15,18-20H2,1-6H3,(H,38,41)(H,42,43)/t30-,33-/m1/s1. The zero-order valence-electron chi connectivity index (χ0n) is 28.3. The van der Waals surface area contributed by atoms with E-state index in [1.165, 1.54) is 33.2 Å². The number of methoxy groups -OCH3 is 3. The number of hydrogen-bond acceptors (Lipinski definition) is 9. The fraction of sp³-hybridized carbons (Fsp3) is 0.389. The van der Waals surface area contributed by atoms with Gasteiger partial charge < -0.3 is 39.0 Å². The number of carbonyl (C=O) groups is 4. The largest absolute Gasteiger partial charge is 0.495 e. The highest BCUT2D eigenvalue weighted by atomic mass is 35.5. The van der Waals surface area contributed by atoms with Crippen LogP contribution >= 0.6 is 11.6 Å². The summed E-state index contributed by atoms with van der Waals surface area (Å²) in [6.45, 7) is 5.18. The summed E-state index contributed by atoms with van der Waals surface area (Å²) in [7, 11) is 4.45. The van der Waals surface area contributed by atoms with Crippen LogP contribution in [0.2, 0.25) is 5.02 Å². The Kier molecular flexibility index (Phi) is 12.1. The highest BCUT2D eigenvalue weighted by molar-refractivity contribution is 6.30. The van der Waals surface area contributed by atoms with Crippen LogP contribution in [0.3, 0.4) is 0 Å². The Balaban J connectivity index is 1.78. The van der Waals surface area contributed by atoms with Crippen molar-refractivity contribution in [2.75, 3.05) is 44.7 Å². The number of amides is 2. The number of carbonyl (C=O) groups excluding carboxylic acids is 3. The summed E-state index contributed by atoms with van der Waals surface area (Å²) in [4.78, 5) is 52.6. The number of nitrogens with zero attached hydrogens (tertiary/aromatic N) is 1. The first-order valence-electron chi connectivity index (χ1n) is 15.6. The van der Waals surface area contributed by atoms with Gasteiger partial charge in [-0.15, -0.1) is 0 Å². The Hall–Kier alpha value is -4.81. The van der Waals surface area contributed by atoms with Gasteiger partial charge in [-0.1, -0.05) is 43.6 Å². The lowest BCUT2D eigenvalue weighted by atomic mass is 9.92. The normalized spacial score (nSPS) is 15.9. The summed E-state index contributed by atoms with van der Waals surface area (Å²) in [5.41, 5.74) is 1.87. The molecule has 2 N–H and O–H groups in total. The van der Waals surface area contributed by atoms with Crippen LogP contribution in [0.5, 0.6) is 17.2 Å². The van der Waals surface area contributed by atoms with Crippen molar-refractivity contribution in [3.05, 3.63) is 76.3 Å². The number of esters is 1. The number of aryl methyl sites for hydroxylation is 1. The van der Waals surface area contributed by atoms with E-state index in [4.69, 9.17) is 40.4 Å². The van der Waals surface area contributed by atoms with Crippen molar-refractivity contribution < 1.29 is 48.0 Å². The number of nitrogens with one attached hydrogen (secondary N) is 1. The first kappa shape index (κ1) is 37.0. The molecule has 12 nitrogen and oxygen atoms in total. The molecule has 0 radical (unpaired) electrons. The third-order valence-corrected chi connectivity index (χ3v) is 8.14. The van der Waals surface area contributed by atoms with Gasteiger partial charge in [-0.3, -0.25) is 19.2 Å². The molecule has 2 amide bonds. The van der Waals surface area contributed by atoms with E-state index in [-0.39, 0.29) is 26.0 Å². The second-order valence-electron chi connectivity index (χ2n) is 12.3. The van der Waals surface area contributed by atoms with Gasteiger partial charge in [0.2, 0.25) is 5.91 Å². The summed E-state index contributed by atoms with van der Waals surface area (Å²) in [6, 6.07) is 15.4. The smallest absolute Gasteiger partial charge is 0.303 e. The number of carboxylic acids is 1. The average molecular weight is 697 g/mol. The molecule has 0 fully saturated rings. The van der Waals surface area contributed by atoms with Gasteiger partial charge in [-0.25, -0.2) is 0 Å². The molecule has 4 rings (SSSR count). The second-order valence-corrected chi connectivity index (χ2v) is 12.8. The van der Waals surface area contributed by atoms with Gasteiger partial charge in [0.05, 0.1) is 40.0 Å². The van der Waals surface area contributed by atoms with Crippen molar-refractivity contribution in [2.45, 2.75) is 52.2 Å². The Morgan fingerprint density at radius 1 is 0.980 bits per heavy atom. The first-order chi connectivity index (χ1) is 23.3. The van der Waals surface area contributed by atoms with Gasteiger partial charge in [0.1, 0.15) is 18.0 Å². The number of anilines is 2. The Labute approximate surface area is 290 Å². The Morgan fingerprint density at radius 2 is 1.71 bits per heavy atom. The van der Waals surface area contributed by atoms with Crippen LogP contribution in [0.15, 0.2) is 54.6 Å². The summed E-state index contributed by atoms with van der Waals surface area (Å²) < 4.78 is 28.7. The Morgan fingerprint density at radius 3 is 2.37 bits per heavy atom. The van der Waals surface area contributed by atoms with Gasteiger partial charge in [-0.05, 0) is 48.4 Å². The minimum Gasteiger partial charge on any atom is -0.495 e. The van der Waals surface area contributed by atoms with Crippen LogP contribution in [0, 0.1) is 5.41 Å². The molecule has 1 heterocycles. The maximum Gasteiger partial charge on any atom is 0.303 e. The van der Waals surface area contributed by atoms with E-state index in [1.807, 2.05) is 13.8 Å². The molecule has 1 aliphatic rings. The number of fused-ring (bicyclic) bond motifs is 1. The van der Waals surface area contributed by atoms with E-state index in [2.05, 4.69) is 5.32 Å². The second kappa shape index (κ2) is 16.1. The highest BCUT2D eigenvalue weighted by Crippen LogP contribution is 2.45. The SMILES string of the molecule is COc1ccc(CCC(=O)O)cc1NC(=O)C[C@H]1O[C@H](c2cccc(OC)c2OC)c2cc(Cl)ccc2N(CC(C)(C)COC(C)=O)C1=O. The van der Waals surface area contributed by atoms with E-state index in [9.17, 15) is 19.2 Å². The van der Waals surface area contributed by atoms with Crippen molar-refractivity contribution >= 4 is 46.7 Å². The maximum atomic E-state index is 14.5. The third-order valence-electron chi connectivity index (χ3n) is 7.91. The molecule has 262 valence electrons. The molecule has 0 bridgehead atoms. The third kappa shape index (κ3) is 9.21. The number of hydrogen-bond donors (Lipinski definition) is 2. The number of carboxylic acid groups (broad SMARTS) is 1. The van der Waals surface area contributed by atoms with Crippen LogP contribution in [0.25, 0.3) is 0 Å². The fourth-order valence-electron chi connectivity index (χ4n) is 5.63. The zero-order valence-corrected chi connectivity index (χ0v) is 29.1. The van der Waals surface area contributed by atoms with Gasteiger partial charge in [0, 0.05) is 47.1 Å². The van der Waals surface area contributed by atoms with Crippen LogP contribution < -0.4 is 24.4 Å². The van der Waals surface area contributed by atoms with Crippen LogP contribution in [0.4, 0.5) is 11.4 Å². The summed E-state index contributed by atoms with van der Waals surface area (Å²) >= 11 is 6.53. The lowest BCUT2D eigenvalue weighted by molar-refractivity contribution is -0.144. The number of benzene rings is 3. The molecule has 0 aromatic heterocycles. The van der Waals surface area contributed by atoms with Crippen LogP contribution in [0.1, 0.15) is 56.4 Å². The number of ether oxygens (including phenoxy) is 5. The Bertz CT molecular complexity index is 1710. The molecule has 0 spiro atoms. The quantitative estimate of drug-likeness (QED) is 0.197. The van der Waals surface area contributed by atoms with Crippen molar-refractivity contribution in [3.8, 4) is 17.2 Å². The predicted octanol–water partition coefficient (Wildman–Crippen LogP) is 5.82. The number of aliphatic carboxylic acids is 1. The fourth-order valence-corrected chi connectivity index (χ4v) is 5.81. The van der Waals surface area contributed by atoms with E-state index < -0.39 is 47.8 Å². The molecule has 3 aromatic rings. The predicted molar refractivity (Wildman–Crippen MR) is 183 cm³/mol. The molecule has 0 saturated carbocycles. The van der Waals surface area contributed by atoms with Crippen LogP contribution in [-0.2, 0) is 35.1 Å². The van der Waals surface area contributed by atoms with Gasteiger partial charge in [-0.2, -0.15) is 0 Å². The van der Waals surface area contributed by atoms with Crippen molar-refractivity contribution in [1.82, 2.24) is 0 Å². The maximum absolute atomic E-state index is 14.5. The monoisotopic (exact) mass is 696 g/mol. The van der Waals surface area contributed by atoms with E-state index in [1.54, 1.807) is 54.6 Å². The van der Waals surface area contributed by atoms with Crippen molar-refractivity contribution in [3.63, 3.8) is 0 Å². The minimum absolute atomic E-state index is 0.0339. The summed E-state index contributed by atoms with van der Waals surface area (Å²) in [6.07, 6.45) is -2.48. The number of para-hydroxylation sites is 1. The summed E-state index contributed by atoms with van der Waals surface area (Å²) in [5, 5.41) is 12.3. The molecule has 0 aliphatic carbocycles. The van der Waals surface area contributed by atoms with Gasteiger partial charge >= 0.3 is 11.9 Å². The van der Waals surface area contributed by atoms with Gasteiger partial charge in [0.15, 0.2) is 11.5 Å².